The Morgan fingerprint density at radius 1 is 1.80 bits per heavy atom. The molecular formula is C6H9BrN2S. The molecule has 2 nitrogen and oxygen atoms in total. The normalized spacial score (nSPS) is 10.3. The summed E-state index contributed by atoms with van der Waals surface area (Å²) in [6.07, 6.45) is 3.90. The summed E-state index contributed by atoms with van der Waals surface area (Å²) >= 11 is 5.16. The van der Waals surface area contributed by atoms with Crippen LogP contribution in [0.2, 0.25) is 0 Å². The van der Waals surface area contributed by atoms with E-state index >= 15 is 0 Å². The molecule has 4 heteroatoms. The van der Waals surface area contributed by atoms with Crippen LogP contribution >= 0.6 is 27.7 Å². The van der Waals surface area contributed by atoms with Crippen LogP contribution in [0.5, 0.6) is 0 Å². The lowest BCUT2D eigenvalue weighted by Crippen LogP contribution is -1.95. The number of halogens is 1. The molecule has 0 bridgehead atoms. The third-order valence-corrected chi connectivity index (χ3v) is 2.58. The summed E-state index contributed by atoms with van der Waals surface area (Å²) in [4.78, 5) is 4.20. The molecule has 0 aromatic carbocycles. The Kier molecular flexibility index (Phi) is 2.80. The Bertz CT molecular complexity index is 222. The predicted octanol–water partition coefficient (Wildman–Crippen LogP) is 2.05. The summed E-state index contributed by atoms with van der Waals surface area (Å²) in [6, 6.07) is 0. The second-order valence-electron chi connectivity index (χ2n) is 1.99. The zero-order valence-electron chi connectivity index (χ0n) is 5.97. The van der Waals surface area contributed by atoms with Crippen LogP contribution in [-0.4, -0.2) is 15.8 Å². The molecule has 0 saturated heterocycles. The van der Waals surface area contributed by atoms with Gasteiger partial charge in [-0.3, -0.25) is 0 Å². The van der Waals surface area contributed by atoms with Gasteiger partial charge in [0.25, 0.3) is 0 Å². The van der Waals surface area contributed by atoms with Crippen molar-refractivity contribution in [2.45, 2.75) is 5.75 Å². The van der Waals surface area contributed by atoms with E-state index in [1.807, 2.05) is 17.8 Å². The van der Waals surface area contributed by atoms with Crippen LogP contribution in [0.1, 0.15) is 5.82 Å². The summed E-state index contributed by atoms with van der Waals surface area (Å²) in [5.41, 5.74) is 0. The van der Waals surface area contributed by atoms with Crippen LogP contribution in [0.15, 0.2) is 10.8 Å². The lowest BCUT2D eigenvalue weighted by molar-refractivity contribution is 0.832. The Hall–Kier alpha value is 0.0400. The first-order valence-corrected chi connectivity index (χ1v) is 5.09. The molecule has 56 valence electrons. The van der Waals surface area contributed by atoms with Gasteiger partial charge in [0.15, 0.2) is 0 Å². The zero-order valence-corrected chi connectivity index (χ0v) is 8.37. The molecule has 1 aromatic rings. The van der Waals surface area contributed by atoms with Gasteiger partial charge in [-0.1, -0.05) is 0 Å². The van der Waals surface area contributed by atoms with Crippen molar-refractivity contribution < 1.29 is 0 Å². The summed E-state index contributed by atoms with van der Waals surface area (Å²) in [6.45, 7) is 0. The average Bonchev–Trinajstić information content (AvgIpc) is 2.20. The molecule has 0 radical (unpaired) electrons. The van der Waals surface area contributed by atoms with E-state index in [1.54, 1.807) is 11.8 Å². The van der Waals surface area contributed by atoms with Crippen molar-refractivity contribution in [2.24, 2.45) is 7.05 Å². The van der Waals surface area contributed by atoms with Gasteiger partial charge in [-0.05, 0) is 22.2 Å². The predicted molar refractivity (Wildman–Crippen MR) is 48.1 cm³/mol. The minimum absolute atomic E-state index is 0.974. The summed E-state index contributed by atoms with van der Waals surface area (Å²) in [7, 11) is 2.00. The summed E-state index contributed by atoms with van der Waals surface area (Å²) in [5.74, 6) is 2.08. The fourth-order valence-electron chi connectivity index (χ4n) is 0.687. The third-order valence-electron chi connectivity index (χ3n) is 1.30. The molecule has 0 fully saturated rings. The monoisotopic (exact) mass is 220 g/mol. The van der Waals surface area contributed by atoms with Crippen LogP contribution in [0.25, 0.3) is 0 Å². The van der Waals surface area contributed by atoms with Crippen molar-refractivity contribution in [2.75, 3.05) is 6.26 Å². The molecule has 0 aliphatic heterocycles. The smallest absolute Gasteiger partial charge is 0.119 e. The average molecular weight is 221 g/mol. The SMILES string of the molecule is CSCc1ncc(Br)n1C. The van der Waals surface area contributed by atoms with Crippen molar-refractivity contribution in [1.82, 2.24) is 9.55 Å². The first-order valence-electron chi connectivity index (χ1n) is 2.90. The second-order valence-corrected chi connectivity index (χ2v) is 3.67. The van der Waals surface area contributed by atoms with Crippen molar-refractivity contribution in [3.63, 3.8) is 0 Å². The van der Waals surface area contributed by atoms with Crippen LogP contribution in [0.3, 0.4) is 0 Å². The van der Waals surface area contributed by atoms with E-state index in [1.165, 1.54) is 0 Å². The quantitative estimate of drug-likeness (QED) is 0.760. The van der Waals surface area contributed by atoms with E-state index in [-0.39, 0.29) is 0 Å². The maximum atomic E-state index is 4.20. The molecule has 0 aliphatic carbocycles. The molecule has 1 heterocycles. The Morgan fingerprint density at radius 3 is 2.90 bits per heavy atom. The van der Waals surface area contributed by atoms with Gasteiger partial charge in [-0.2, -0.15) is 11.8 Å². The lowest BCUT2D eigenvalue weighted by atomic mass is 10.7. The number of aromatic nitrogens is 2. The zero-order chi connectivity index (χ0) is 7.56. The number of thioether (sulfide) groups is 1. The molecule has 10 heavy (non-hydrogen) atoms. The Labute approximate surface area is 73.2 Å². The number of hydrogen-bond acceptors (Lipinski definition) is 2. The molecule has 1 aromatic heterocycles. The van der Waals surface area contributed by atoms with Gasteiger partial charge in [0.1, 0.15) is 10.4 Å². The van der Waals surface area contributed by atoms with Gasteiger partial charge in [0, 0.05) is 7.05 Å². The fraction of sp³-hybridized carbons (Fsp3) is 0.500. The van der Waals surface area contributed by atoms with E-state index in [4.69, 9.17) is 0 Å². The molecule has 0 spiro atoms. The Balaban J connectivity index is 2.83. The van der Waals surface area contributed by atoms with E-state index in [0.717, 1.165) is 16.2 Å². The van der Waals surface area contributed by atoms with E-state index in [9.17, 15) is 0 Å². The highest BCUT2D eigenvalue weighted by Crippen LogP contribution is 2.13. The minimum atomic E-state index is 0.974. The van der Waals surface area contributed by atoms with Gasteiger partial charge >= 0.3 is 0 Å². The molecule has 0 unspecified atom stereocenters. The molecule has 0 saturated carbocycles. The molecular weight excluding hydrogens is 212 g/mol. The third kappa shape index (κ3) is 1.55. The Morgan fingerprint density at radius 2 is 2.50 bits per heavy atom. The number of rotatable bonds is 2. The minimum Gasteiger partial charge on any atom is -0.325 e. The van der Waals surface area contributed by atoms with Crippen molar-refractivity contribution >= 4 is 27.7 Å². The largest absolute Gasteiger partial charge is 0.325 e. The van der Waals surface area contributed by atoms with E-state index in [0.29, 0.717) is 0 Å². The molecule has 0 aliphatic rings. The molecule has 1 rings (SSSR count). The van der Waals surface area contributed by atoms with Gasteiger partial charge in [0.05, 0.1) is 11.9 Å². The van der Waals surface area contributed by atoms with Crippen LogP contribution < -0.4 is 0 Å². The highest BCUT2D eigenvalue weighted by atomic mass is 79.9. The standard InChI is InChI=1S/C6H9BrN2S/c1-9-5(7)3-8-6(9)4-10-2/h3H,4H2,1-2H3. The van der Waals surface area contributed by atoms with E-state index in [2.05, 4.69) is 27.2 Å². The highest BCUT2D eigenvalue weighted by molar-refractivity contribution is 9.10. The van der Waals surface area contributed by atoms with Gasteiger partial charge in [-0.15, -0.1) is 0 Å². The number of imidazole rings is 1. The van der Waals surface area contributed by atoms with Gasteiger partial charge in [-0.25, -0.2) is 4.98 Å². The maximum Gasteiger partial charge on any atom is 0.119 e. The molecule has 0 amide bonds. The van der Waals surface area contributed by atoms with Gasteiger partial charge < -0.3 is 4.57 Å². The highest BCUT2D eigenvalue weighted by Gasteiger charge is 2.00. The summed E-state index contributed by atoms with van der Waals surface area (Å²) in [5, 5.41) is 0. The van der Waals surface area contributed by atoms with Crippen LogP contribution in [0.4, 0.5) is 0 Å². The van der Waals surface area contributed by atoms with Crippen molar-refractivity contribution in [3.8, 4) is 0 Å². The maximum absolute atomic E-state index is 4.20. The number of nitrogens with zero attached hydrogens (tertiary/aromatic N) is 2. The summed E-state index contributed by atoms with van der Waals surface area (Å²) < 4.78 is 3.08. The van der Waals surface area contributed by atoms with Crippen molar-refractivity contribution in [1.29, 1.82) is 0 Å². The van der Waals surface area contributed by atoms with Gasteiger partial charge in [0.2, 0.25) is 0 Å². The first-order chi connectivity index (χ1) is 4.75. The first kappa shape index (κ1) is 8.14. The molecule has 0 atom stereocenters. The van der Waals surface area contributed by atoms with Crippen LogP contribution in [-0.2, 0) is 12.8 Å². The van der Waals surface area contributed by atoms with E-state index < -0.39 is 0 Å². The second kappa shape index (κ2) is 3.44. The van der Waals surface area contributed by atoms with Crippen LogP contribution in [0, 0.1) is 0 Å². The fourth-order valence-corrected chi connectivity index (χ4v) is 1.52. The topological polar surface area (TPSA) is 17.8 Å². The van der Waals surface area contributed by atoms with Crippen molar-refractivity contribution in [3.05, 3.63) is 16.6 Å². The molecule has 0 N–H and O–H groups in total. The number of hydrogen-bond donors (Lipinski definition) is 0. The lowest BCUT2D eigenvalue weighted by Gasteiger charge is -1.98.